The first kappa shape index (κ1) is 16.2. The molecule has 0 bridgehead atoms. The van der Waals surface area contributed by atoms with Gasteiger partial charge in [0.05, 0.1) is 17.7 Å². The van der Waals surface area contributed by atoms with E-state index in [2.05, 4.69) is 5.32 Å². The number of non-ortho nitro benzene ring substituents is 1. The van der Waals surface area contributed by atoms with E-state index in [-0.39, 0.29) is 11.6 Å². The fourth-order valence-corrected chi connectivity index (χ4v) is 1.92. The van der Waals surface area contributed by atoms with Crippen molar-refractivity contribution in [2.45, 2.75) is 6.92 Å². The minimum Gasteiger partial charge on any atom is -0.497 e. The molecule has 0 radical (unpaired) electrons. The van der Waals surface area contributed by atoms with Crippen LogP contribution in [0.1, 0.15) is 11.1 Å². The highest BCUT2D eigenvalue weighted by Crippen LogP contribution is 2.22. The molecule has 0 saturated carbocycles. The predicted octanol–water partition coefficient (Wildman–Crippen LogP) is 3.56. The van der Waals surface area contributed by atoms with Crippen molar-refractivity contribution in [3.63, 3.8) is 0 Å². The lowest BCUT2D eigenvalue weighted by Crippen LogP contribution is -2.09. The number of carbonyl (C=O) groups is 1. The quantitative estimate of drug-likeness (QED) is 0.520. The fourth-order valence-electron chi connectivity index (χ4n) is 1.92. The molecular formula is C17H16N2O4. The molecule has 0 atom stereocenters. The first-order chi connectivity index (χ1) is 11.0. The van der Waals surface area contributed by atoms with Gasteiger partial charge in [-0.15, -0.1) is 0 Å². The van der Waals surface area contributed by atoms with Crippen LogP contribution >= 0.6 is 0 Å². The van der Waals surface area contributed by atoms with Crippen molar-refractivity contribution in [1.82, 2.24) is 0 Å². The van der Waals surface area contributed by atoms with Crippen LogP contribution in [0.25, 0.3) is 6.08 Å². The summed E-state index contributed by atoms with van der Waals surface area (Å²) in [6, 6.07) is 11.6. The number of nitrogens with one attached hydrogen (secondary N) is 1. The van der Waals surface area contributed by atoms with Gasteiger partial charge in [-0.05, 0) is 36.3 Å². The molecule has 0 aliphatic heterocycles. The summed E-state index contributed by atoms with van der Waals surface area (Å²) in [4.78, 5) is 22.2. The van der Waals surface area contributed by atoms with Crippen LogP contribution in [0.15, 0.2) is 48.5 Å². The molecule has 0 saturated heterocycles. The van der Waals surface area contributed by atoms with E-state index >= 15 is 0 Å². The molecule has 0 fully saturated rings. The van der Waals surface area contributed by atoms with Crippen molar-refractivity contribution in [3.05, 3.63) is 69.8 Å². The number of hydrogen-bond donors (Lipinski definition) is 1. The highest BCUT2D eigenvalue weighted by atomic mass is 16.6. The van der Waals surface area contributed by atoms with E-state index in [9.17, 15) is 14.9 Å². The van der Waals surface area contributed by atoms with Gasteiger partial charge in [0, 0.05) is 18.2 Å². The van der Waals surface area contributed by atoms with Gasteiger partial charge in [0.2, 0.25) is 5.91 Å². The summed E-state index contributed by atoms with van der Waals surface area (Å²) < 4.78 is 5.06. The molecule has 0 heterocycles. The van der Waals surface area contributed by atoms with E-state index in [0.717, 1.165) is 16.9 Å². The Morgan fingerprint density at radius 1 is 1.22 bits per heavy atom. The standard InChI is InChI=1S/C17H16N2O4/c1-12-3-7-14(19(21)22)11-16(12)18-17(20)10-6-13-4-8-15(23-2)9-5-13/h3-11H,1-2H3,(H,18,20)/b10-6+. The number of anilines is 1. The molecule has 0 unspecified atom stereocenters. The maximum absolute atomic E-state index is 11.9. The summed E-state index contributed by atoms with van der Waals surface area (Å²) in [5.74, 6) is 0.378. The maximum Gasteiger partial charge on any atom is 0.271 e. The van der Waals surface area contributed by atoms with E-state index in [1.54, 1.807) is 38.3 Å². The molecule has 0 aromatic heterocycles. The van der Waals surface area contributed by atoms with Crippen molar-refractivity contribution in [2.75, 3.05) is 12.4 Å². The first-order valence-electron chi connectivity index (χ1n) is 6.88. The summed E-state index contributed by atoms with van der Waals surface area (Å²) in [5.41, 5.74) is 1.95. The molecule has 2 aromatic carbocycles. The van der Waals surface area contributed by atoms with Gasteiger partial charge < -0.3 is 10.1 Å². The average Bonchev–Trinajstić information content (AvgIpc) is 2.55. The lowest BCUT2D eigenvalue weighted by atomic mass is 10.1. The van der Waals surface area contributed by atoms with Gasteiger partial charge in [0.25, 0.3) is 5.69 Å². The number of nitro groups is 1. The highest BCUT2D eigenvalue weighted by molar-refractivity contribution is 6.02. The summed E-state index contributed by atoms with van der Waals surface area (Å²) in [5, 5.41) is 13.4. The Kier molecular flexibility index (Phi) is 5.09. The Morgan fingerprint density at radius 3 is 2.52 bits per heavy atom. The van der Waals surface area contributed by atoms with E-state index in [1.807, 2.05) is 12.1 Å². The zero-order chi connectivity index (χ0) is 16.8. The second kappa shape index (κ2) is 7.22. The lowest BCUT2D eigenvalue weighted by molar-refractivity contribution is -0.384. The maximum atomic E-state index is 11.9. The molecule has 1 N–H and O–H groups in total. The van der Waals surface area contributed by atoms with E-state index in [0.29, 0.717) is 5.69 Å². The number of carbonyl (C=O) groups excluding carboxylic acids is 1. The number of nitro benzene ring substituents is 1. The summed E-state index contributed by atoms with van der Waals surface area (Å²) in [6.45, 7) is 1.77. The number of ether oxygens (including phenoxy) is 1. The Morgan fingerprint density at radius 2 is 1.91 bits per heavy atom. The predicted molar refractivity (Wildman–Crippen MR) is 88.5 cm³/mol. The van der Waals surface area contributed by atoms with Crippen molar-refractivity contribution >= 4 is 23.4 Å². The van der Waals surface area contributed by atoms with Gasteiger partial charge >= 0.3 is 0 Å². The number of methoxy groups -OCH3 is 1. The van der Waals surface area contributed by atoms with Gasteiger partial charge in [-0.2, -0.15) is 0 Å². The Balaban J connectivity index is 2.08. The molecule has 2 aromatic rings. The van der Waals surface area contributed by atoms with Crippen LogP contribution in [0.2, 0.25) is 0 Å². The van der Waals surface area contributed by atoms with Crippen LogP contribution < -0.4 is 10.1 Å². The van der Waals surface area contributed by atoms with Crippen molar-refractivity contribution in [2.24, 2.45) is 0 Å². The molecular weight excluding hydrogens is 296 g/mol. The van der Waals surface area contributed by atoms with Crippen LogP contribution in [0, 0.1) is 17.0 Å². The van der Waals surface area contributed by atoms with Crippen LogP contribution in [-0.2, 0) is 4.79 Å². The normalized spacial score (nSPS) is 10.5. The Labute approximate surface area is 133 Å². The SMILES string of the molecule is COc1ccc(/C=C/C(=O)Nc2cc([N+](=O)[O-])ccc2C)cc1. The van der Waals surface area contributed by atoms with E-state index in [4.69, 9.17) is 4.74 Å². The Hall–Kier alpha value is -3.15. The lowest BCUT2D eigenvalue weighted by Gasteiger charge is -2.06. The third-order valence-corrected chi connectivity index (χ3v) is 3.23. The number of nitrogens with zero attached hydrogens (tertiary/aromatic N) is 1. The number of amides is 1. The smallest absolute Gasteiger partial charge is 0.271 e. The molecule has 0 aliphatic carbocycles. The number of benzene rings is 2. The second-order valence-corrected chi connectivity index (χ2v) is 4.85. The largest absolute Gasteiger partial charge is 0.497 e. The Bertz CT molecular complexity index is 752. The molecule has 118 valence electrons. The summed E-state index contributed by atoms with van der Waals surface area (Å²) in [7, 11) is 1.58. The van der Waals surface area contributed by atoms with Crippen LogP contribution in [0.3, 0.4) is 0 Å². The van der Waals surface area contributed by atoms with Gasteiger partial charge in [-0.1, -0.05) is 18.2 Å². The molecule has 6 nitrogen and oxygen atoms in total. The third-order valence-electron chi connectivity index (χ3n) is 3.23. The van der Waals surface area contributed by atoms with Crippen LogP contribution in [0.4, 0.5) is 11.4 Å². The molecule has 6 heteroatoms. The second-order valence-electron chi connectivity index (χ2n) is 4.85. The van der Waals surface area contributed by atoms with Crippen molar-refractivity contribution in [3.8, 4) is 5.75 Å². The number of rotatable bonds is 5. The van der Waals surface area contributed by atoms with Crippen LogP contribution in [-0.4, -0.2) is 17.9 Å². The molecule has 23 heavy (non-hydrogen) atoms. The minimum absolute atomic E-state index is 0.0648. The molecule has 0 aliphatic rings. The van der Waals surface area contributed by atoms with Crippen molar-refractivity contribution < 1.29 is 14.5 Å². The van der Waals surface area contributed by atoms with Crippen molar-refractivity contribution in [1.29, 1.82) is 0 Å². The zero-order valence-electron chi connectivity index (χ0n) is 12.8. The third kappa shape index (κ3) is 4.41. The molecule has 0 spiro atoms. The van der Waals surface area contributed by atoms with Gasteiger partial charge in [0.15, 0.2) is 0 Å². The topological polar surface area (TPSA) is 81.5 Å². The van der Waals surface area contributed by atoms with Gasteiger partial charge in [0.1, 0.15) is 5.75 Å². The minimum atomic E-state index is -0.498. The van der Waals surface area contributed by atoms with Crippen LogP contribution in [0.5, 0.6) is 5.75 Å². The molecule has 2 rings (SSSR count). The van der Waals surface area contributed by atoms with E-state index < -0.39 is 4.92 Å². The molecule has 1 amide bonds. The summed E-state index contributed by atoms with van der Waals surface area (Å²) >= 11 is 0. The van der Waals surface area contributed by atoms with E-state index in [1.165, 1.54) is 18.2 Å². The monoisotopic (exact) mass is 312 g/mol. The fraction of sp³-hybridized carbons (Fsp3) is 0.118. The zero-order valence-corrected chi connectivity index (χ0v) is 12.8. The van der Waals surface area contributed by atoms with Gasteiger partial charge in [-0.3, -0.25) is 14.9 Å². The average molecular weight is 312 g/mol. The number of hydrogen-bond acceptors (Lipinski definition) is 4. The number of aryl methyl sites for hydroxylation is 1. The van der Waals surface area contributed by atoms with Gasteiger partial charge in [-0.25, -0.2) is 0 Å². The first-order valence-corrected chi connectivity index (χ1v) is 6.88. The highest BCUT2D eigenvalue weighted by Gasteiger charge is 2.09. The summed E-state index contributed by atoms with van der Waals surface area (Å²) in [6.07, 6.45) is 3.03.